The summed E-state index contributed by atoms with van der Waals surface area (Å²) in [4.78, 5) is 0. The molecule has 3 nitrogen and oxygen atoms in total. The zero-order chi connectivity index (χ0) is 19.5. The highest BCUT2D eigenvalue weighted by Crippen LogP contribution is 2.14. The normalized spacial score (nSPS) is 12.8. The highest BCUT2D eigenvalue weighted by atomic mass is 35.5. The van der Waals surface area contributed by atoms with E-state index in [9.17, 15) is 5.11 Å². The van der Waals surface area contributed by atoms with Crippen LogP contribution in [0, 0.1) is 0 Å². The van der Waals surface area contributed by atoms with Crippen molar-refractivity contribution in [2.45, 2.75) is 116 Å². The van der Waals surface area contributed by atoms with Crippen molar-refractivity contribution in [3.05, 3.63) is 0 Å². The molecule has 27 heavy (non-hydrogen) atoms. The van der Waals surface area contributed by atoms with Gasteiger partial charge in [0.2, 0.25) is 0 Å². The molecule has 1 unspecified atom stereocenters. The number of aliphatic hydroxyl groups is 2. The van der Waals surface area contributed by atoms with Crippen LogP contribution >= 0.6 is 0 Å². The Morgan fingerprint density at radius 1 is 0.630 bits per heavy atom. The molecule has 0 radical (unpaired) electrons. The molecule has 0 aliphatic heterocycles. The van der Waals surface area contributed by atoms with Crippen molar-refractivity contribution in [2.75, 3.05) is 33.8 Å². The number of hydrogen-bond donors (Lipinski definition) is 2. The summed E-state index contributed by atoms with van der Waals surface area (Å²) in [5.74, 6) is 0. The second-order valence-electron chi connectivity index (χ2n) is 8.98. The maximum Gasteiger partial charge on any atom is 0.126 e. The Balaban J connectivity index is 0. The van der Waals surface area contributed by atoms with Crippen LogP contribution in [0.1, 0.15) is 110 Å². The van der Waals surface area contributed by atoms with Crippen LogP contribution in [0.5, 0.6) is 0 Å². The molecule has 0 aromatic carbocycles. The van der Waals surface area contributed by atoms with Gasteiger partial charge in [-0.05, 0) is 12.8 Å². The standard InChI is InChI=1S/C23H50NO2.ClH/c1-4-5-6-7-8-9-10-11-12-13-14-15-16-17-18-19-20-24(2,3)21-23(26)22-25;/h23,25-26H,4-22H2,1-3H3;1H/q+1;/p-1. The lowest BCUT2D eigenvalue weighted by molar-refractivity contribution is -0.893. The average Bonchev–Trinajstić information content (AvgIpc) is 2.60. The van der Waals surface area contributed by atoms with E-state index in [0.717, 1.165) is 11.0 Å². The van der Waals surface area contributed by atoms with Gasteiger partial charge < -0.3 is 27.1 Å². The first-order valence-electron chi connectivity index (χ1n) is 11.6. The van der Waals surface area contributed by atoms with Gasteiger partial charge in [0.1, 0.15) is 12.6 Å². The number of likely N-dealkylation sites (N-methyl/N-ethyl adjacent to an activating group) is 1. The number of halogens is 1. The Morgan fingerprint density at radius 3 is 1.30 bits per heavy atom. The molecule has 0 aliphatic carbocycles. The minimum Gasteiger partial charge on any atom is -1.00 e. The third kappa shape index (κ3) is 22.3. The highest BCUT2D eigenvalue weighted by Gasteiger charge is 2.19. The van der Waals surface area contributed by atoms with Crippen molar-refractivity contribution >= 4 is 0 Å². The number of nitrogens with zero attached hydrogens (tertiary/aromatic N) is 1. The van der Waals surface area contributed by atoms with Gasteiger partial charge >= 0.3 is 0 Å². The van der Waals surface area contributed by atoms with E-state index in [1.807, 2.05) is 0 Å². The average molecular weight is 408 g/mol. The first-order valence-corrected chi connectivity index (χ1v) is 11.6. The fraction of sp³-hybridized carbons (Fsp3) is 1.00. The van der Waals surface area contributed by atoms with Crippen LogP contribution in [0.4, 0.5) is 0 Å². The van der Waals surface area contributed by atoms with Crippen molar-refractivity contribution < 1.29 is 27.1 Å². The molecule has 0 fully saturated rings. The van der Waals surface area contributed by atoms with Crippen LogP contribution < -0.4 is 12.4 Å². The Hall–Kier alpha value is 0.170. The molecule has 2 N–H and O–H groups in total. The second-order valence-corrected chi connectivity index (χ2v) is 8.98. The van der Waals surface area contributed by atoms with E-state index < -0.39 is 6.10 Å². The molecule has 0 aliphatic rings. The third-order valence-corrected chi connectivity index (χ3v) is 5.53. The molecule has 0 saturated carbocycles. The van der Waals surface area contributed by atoms with Gasteiger partial charge in [0.25, 0.3) is 0 Å². The molecule has 0 heterocycles. The molecule has 4 heteroatoms. The topological polar surface area (TPSA) is 40.5 Å². The van der Waals surface area contributed by atoms with E-state index in [1.54, 1.807) is 0 Å². The van der Waals surface area contributed by atoms with Crippen molar-refractivity contribution in [1.29, 1.82) is 0 Å². The molecular formula is C23H50ClNO2. The van der Waals surface area contributed by atoms with Crippen LogP contribution in [-0.2, 0) is 0 Å². The molecule has 1 atom stereocenters. The lowest BCUT2D eigenvalue weighted by Crippen LogP contribution is -3.00. The van der Waals surface area contributed by atoms with E-state index in [2.05, 4.69) is 21.0 Å². The van der Waals surface area contributed by atoms with E-state index >= 15 is 0 Å². The summed E-state index contributed by atoms with van der Waals surface area (Å²) in [5, 5.41) is 18.5. The van der Waals surface area contributed by atoms with Gasteiger partial charge in [-0.15, -0.1) is 0 Å². The molecule has 166 valence electrons. The largest absolute Gasteiger partial charge is 1.00 e. The Bertz CT molecular complexity index is 288. The van der Waals surface area contributed by atoms with Crippen LogP contribution in [0.15, 0.2) is 0 Å². The van der Waals surface area contributed by atoms with Gasteiger partial charge in [-0.1, -0.05) is 96.8 Å². The van der Waals surface area contributed by atoms with Crippen molar-refractivity contribution in [2.24, 2.45) is 0 Å². The van der Waals surface area contributed by atoms with E-state index in [4.69, 9.17) is 5.11 Å². The first kappa shape index (κ1) is 29.4. The molecule has 0 aromatic rings. The summed E-state index contributed by atoms with van der Waals surface area (Å²) in [7, 11) is 4.29. The third-order valence-electron chi connectivity index (χ3n) is 5.53. The van der Waals surface area contributed by atoms with E-state index in [-0.39, 0.29) is 19.0 Å². The fourth-order valence-electron chi connectivity index (χ4n) is 3.81. The predicted molar refractivity (Wildman–Crippen MR) is 114 cm³/mol. The van der Waals surface area contributed by atoms with Crippen LogP contribution in [0.25, 0.3) is 0 Å². The molecule has 0 bridgehead atoms. The van der Waals surface area contributed by atoms with E-state index in [1.165, 1.54) is 103 Å². The van der Waals surface area contributed by atoms with Gasteiger partial charge in [0.15, 0.2) is 0 Å². The maximum absolute atomic E-state index is 9.56. The minimum absolute atomic E-state index is 0. The number of rotatable bonds is 20. The second kappa shape index (κ2) is 20.9. The van der Waals surface area contributed by atoms with Gasteiger partial charge in [0, 0.05) is 0 Å². The molecule has 0 amide bonds. The summed E-state index contributed by atoms with van der Waals surface area (Å²) in [6.45, 7) is 3.90. The van der Waals surface area contributed by atoms with E-state index in [0.29, 0.717) is 6.54 Å². The number of hydrogen-bond acceptors (Lipinski definition) is 2. The van der Waals surface area contributed by atoms with Crippen LogP contribution in [0.3, 0.4) is 0 Å². The lowest BCUT2D eigenvalue weighted by atomic mass is 10.0. The Labute approximate surface area is 176 Å². The SMILES string of the molecule is CCCCCCCCCCCCCCCCCC[N+](C)(C)CC(O)CO.[Cl-]. The van der Waals surface area contributed by atoms with Crippen molar-refractivity contribution in [3.8, 4) is 0 Å². The summed E-state index contributed by atoms with van der Waals surface area (Å²) in [6.07, 6.45) is 21.8. The number of aliphatic hydroxyl groups excluding tert-OH is 2. The van der Waals surface area contributed by atoms with Gasteiger partial charge in [-0.2, -0.15) is 0 Å². The summed E-state index contributed by atoms with van der Waals surface area (Å²) in [5.41, 5.74) is 0. The molecule has 0 saturated heterocycles. The van der Waals surface area contributed by atoms with Gasteiger partial charge in [-0.3, -0.25) is 0 Å². The highest BCUT2D eigenvalue weighted by molar-refractivity contribution is 4.52. The Morgan fingerprint density at radius 2 is 0.963 bits per heavy atom. The smallest absolute Gasteiger partial charge is 0.126 e. The maximum atomic E-state index is 9.56. The van der Waals surface area contributed by atoms with Crippen LogP contribution in [-0.4, -0.2) is 54.6 Å². The zero-order valence-corrected chi connectivity index (χ0v) is 19.5. The monoisotopic (exact) mass is 407 g/mol. The predicted octanol–water partition coefficient (Wildman–Crippen LogP) is 2.68. The van der Waals surface area contributed by atoms with Crippen molar-refractivity contribution in [1.82, 2.24) is 0 Å². The quantitative estimate of drug-likeness (QED) is 0.240. The van der Waals surface area contributed by atoms with Crippen molar-refractivity contribution in [3.63, 3.8) is 0 Å². The molecule has 0 spiro atoms. The summed E-state index contributed by atoms with van der Waals surface area (Å²) < 4.78 is 0.806. The molecule has 0 aromatic heterocycles. The molecule has 0 rings (SSSR count). The lowest BCUT2D eigenvalue weighted by Gasteiger charge is -2.31. The zero-order valence-electron chi connectivity index (χ0n) is 18.7. The molecular weight excluding hydrogens is 358 g/mol. The van der Waals surface area contributed by atoms with Crippen LogP contribution in [0.2, 0.25) is 0 Å². The summed E-state index contributed by atoms with van der Waals surface area (Å²) >= 11 is 0. The number of unbranched alkanes of at least 4 members (excludes halogenated alkanes) is 15. The number of quaternary nitrogens is 1. The summed E-state index contributed by atoms with van der Waals surface area (Å²) in [6, 6.07) is 0. The van der Waals surface area contributed by atoms with Gasteiger partial charge in [-0.25, -0.2) is 0 Å². The minimum atomic E-state index is -0.578. The van der Waals surface area contributed by atoms with Gasteiger partial charge in [0.05, 0.1) is 27.2 Å². The Kier molecular flexibility index (Phi) is 22.7. The first-order chi connectivity index (χ1) is 12.5. The fourth-order valence-corrected chi connectivity index (χ4v) is 3.81.